The lowest BCUT2D eigenvalue weighted by Crippen LogP contribution is -1.85. The third kappa shape index (κ3) is 3.01. The summed E-state index contributed by atoms with van der Waals surface area (Å²) in [5.74, 6) is 0.537. The molecule has 0 unspecified atom stereocenters. The zero-order chi connectivity index (χ0) is 17.4. The van der Waals surface area contributed by atoms with Crippen LogP contribution in [0, 0.1) is 0 Å². The molecule has 0 bridgehead atoms. The fraction of sp³-hybridized carbons (Fsp3) is 0.0500. The predicted octanol–water partition coefficient (Wildman–Crippen LogP) is 6.10. The molecule has 4 aromatic rings. The molecule has 1 N–H and O–H groups in total. The number of phenols is 1. The van der Waals surface area contributed by atoms with Crippen molar-refractivity contribution in [3.05, 3.63) is 63.6 Å². The van der Waals surface area contributed by atoms with Crippen LogP contribution >= 0.6 is 27.3 Å². The number of ether oxygens (including phenoxy) is 1. The fourth-order valence-corrected chi connectivity index (χ4v) is 4.11. The quantitative estimate of drug-likeness (QED) is 0.442. The second kappa shape index (κ2) is 6.50. The van der Waals surface area contributed by atoms with Gasteiger partial charge in [0.05, 0.1) is 21.8 Å². The van der Waals surface area contributed by atoms with Gasteiger partial charge in [-0.3, -0.25) is 0 Å². The molecule has 0 saturated carbocycles. The lowest BCUT2D eigenvalue weighted by Gasteiger charge is -2.06. The number of thiazole rings is 1. The normalized spacial score (nSPS) is 11.6. The molecule has 5 heteroatoms. The van der Waals surface area contributed by atoms with Gasteiger partial charge in [-0.25, -0.2) is 4.98 Å². The molecule has 0 atom stereocenters. The number of fused-ring (bicyclic) bond motifs is 3. The smallest absolute Gasteiger partial charge is 0.172 e. The summed E-state index contributed by atoms with van der Waals surface area (Å²) < 4.78 is 6.96. The minimum absolute atomic E-state index is 0.103. The highest BCUT2D eigenvalue weighted by molar-refractivity contribution is 9.10. The lowest BCUT2D eigenvalue weighted by atomic mass is 10.1. The van der Waals surface area contributed by atoms with Gasteiger partial charge < -0.3 is 9.84 Å². The van der Waals surface area contributed by atoms with E-state index in [0.717, 1.165) is 16.1 Å². The van der Waals surface area contributed by atoms with Crippen LogP contribution in [0.3, 0.4) is 0 Å². The van der Waals surface area contributed by atoms with E-state index in [9.17, 15) is 5.11 Å². The highest BCUT2D eigenvalue weighted by atomic mass is 79.9. The highest BCUT2D eigenvalue weighted by Gasteiger charge is 2.08. The van der Waals surface area contributed by atoms with Crippen molar-refractivity contribution in [2.75, 3.05) is 7.11 Å². The van der Waals surface area contributed by atoms with Crippen molar-refractivity contribution in [3.8, 4) is 11.5 Å². The van der Waals surface area contributed by atoms with Gasteiger partial charge in [-0.2, -0.15) is 0 Å². The van der Waals surface area contributed by atoms with E-state index in [1.807, 2.05) is 30.4 Å². The predicted molar refractivity (Wildman–Crippen MR) is 108 cm³/mol. The summed E-state index contributed by atoms with van der Waals surface area (Å²) in [6.45, 7) is 0. The monoisotopic (exact) mass is 411 g/mol. The number of phenolic OH excluding ortho intramolecular Hbond substituents is 1. The Kier molecular flexibility index (Phi) is 4.19. The number of hydrogen-bond acceptors (Lipinski definition) is 4. The summed E-state index contributed by atoms with van der Waals surface area (Å²) in [5.41, 5.74) is 1.96. The Morgan fingerprint density at radius 2 is 1.96 bits per heavy atom. The molecule has 0 aliphatic rings. The maximum Gasteiger partial charge on any atom is 0.172 e. The van der Waals surface area contributed by atoms with Gasteiger partial charge in [0.2, 0.25) is 0 Å². The Balaban J connectivity index is 1.74. The molecule has 0 saturated heterocycles. The first-order valence-corrected chi connectivity index (χ1v) is 9.29. The maximum absolute atomic E-state index is 9.90. The number of aromatic hydroxyl groups is 1. The Morgan fingerprint density at radius 1 is 1.12 bits per heavy atom. The second-order valence-electron chi connectivity index (χ2n) is 5.57. The molecule has 3 aromatic carbocycles. The number of halogens is 1. The summed E-state index contributed by atoms with van der Waals surface area (Å²) in [4.78, 5) is 4.78. The Morgan fingerprint density at radius 3 is 2.80 bits per heavy atom. The molecule has 124 valence electrons. The van der Waals surface area contributed by atoms with Gasteiger partial charge in [0.25, 0.3) is 0 Å². The van der Waals surface area contributed by atoms with Crippen LogP contribution in [-0.2, 0) is 0 Å². The number of nitrogens with zero attached hydrogens (tertiary/aromatic N) is 1. The van der Waals surface area contributed by atoms with Gasteiger partial charge in [0, 0.05) is 5.39 Å². The van der Waals surface area contributed by atoms with Crippen LogP contribution in [0.1, 0.15) is 10.6 Å². The standard InChI is InChI=1S/C20H14BrNO2S/c1-24-16-11-12(10-15(21)20(16)23)6-9-18-22-19-14-5-3-2-4-13(14)7-8-17(19)25-18/h2-11,23H,1H3/b9-6+. The number of hydrogen-bond donors (Lipinski definition) is 1. The average molecular weight is 412 g/mol. The summed E-state index contributed by atoms with van der Waals surface area (Å²) in [6, 6.07) is 16.2. The average Bonchev–Trinajstić information content (AvgIpc) is 3.06. The van der Waals surface area contributed by atoms with E-state index < -0.39 is 0 Å². The van der Waals surface area contributed by atoms with E-state index in [-0.39, 0.29) is 5.75 Å². The third-order valence-corrected chi connectivity index (χ3v) is 5.58. The van der Waals surface area contributed by atoms with Gasteiger partial charge >= 0.3 is 0 Å². The Hall–Kier alpha value is -2.37. The van der Waals surface area contributed by atoms with E-state index in [0.29, 0.717) is 10.2 Å². The van der Waals surface area contributed by atoms with Crippen LogP contribution in [0.4, 0.5) is 0 Å². The number of benzene rings is 3. The molecule has 1 aromatic heterocycles. The fourth-order valence-electron chi connectivity index (χ4n) is 2.76. The molecule has 0 fully saturated rings. The van der Waals surface area contributed by atoms with Crippen molar-refractivity contribution in [2.45, 2.75) is 0 Å². The zero-order valence-corrected chi connectivity index (χ0v) is 15.8. The molecule has 0 aliphatic carbocycles. The maximum atomic E-state index is 9.90. The first-order chi connectivity index (χ1) is 12.2. The van der Waals surface area contributed by atoms with Gasteiger partial charge in [-0.05, 0) is 51.2 Å². The summed E-state index contributed by atoms with van der Waals surface area (Å²) in [5, 5.41) is 13.2. The van der Waals surface area contributed by atoms with E-state index in [2.05, 4.69) is 40.2 Å². The summed E-state index contributed by atoms with van der Waals surface area (Å²) in [7, 11) is 1.54. The van der Waals surface area contributed by atoms with Crippen molar-refractivity contribution in [3.63, 3.8) is 0 Å². The first kappa shape index (κ1) is 16.1. The second-order valence-corrected chi connectivity index (χ2v) is 7.49. The molecule has 3 nitrogen and oxygen atoms in total. The molecule has 1 heterocycles. The van der Waals surface area contributed by atoms with Gasteiger partial charge in [0.15, 0.2) is 11.5 Å². The molecule has 0 spiro atoms. The topological polar surface area (TPSA) is 42.4 Å². The van der Waals surface area contributed by atoms with Gasteiger partial charge in [-0.1, -0.05) is 36.4 Å². The van der Waals surface area contributed by atoms with Gasteiger partial charge in [0.1, 0.15) is 5.01 Å². The Labute approximate surface area is 157 Å². The summed E-state index contributed by atoms with van der Waals surface area (Å²) in [6.07, 6.45) is 3.95. The van der Waals surface area contributed by atoms with E-state index >= 15 is 0 Å². The lowest BCUT2D eigenvalue weighted by molar-refractivity contribution is 0.372. The number of rotatable bonds is 3. The van der Waals surface area contributed by atoms with E-state index in [1.54, 1.807) is 17.4 Å². The third-order valence-electron chi connectivity index (χ3n) is 3.99. The van der Waals surface area contributed by atoms with Crippen LogP contribution in [0.25, 0.3) is 33.1 Å². The molecule has 0 amide bonds. The van der Waals surface area contributed by atoms with Crippen LogP contribution in [0.2, 0.25) is 0 Å². The van der Waals surface area contributed by atoms with Crippen molar-refractivity contribution in [2.24, 2.45) is 0 Å². The number of aromatic nitrogens is 1. The minimum Gasteiger partial charge on any atom is -0.503 e. The highest BCUT2D eigenvalue weighted by Crippen LogP contribution is 2.36. The molecular formula is C20H14BrNO2S. The SMILES string of the molecule is COc1cc(/C=C/c2nc3c(ccc4ccccc43)s2)cc(Br)c1O. The van der Waals surface area contributed by atoms with Crippen LogP contribution in [0.5, 0.6) is 11.5 Å². The molecule has 0 aliphatic heterocycles. The van der Waals surface area contributed by atoms with Crippen LogP contribution in [-0.4, -0.2) is 17.2 Å². The van der Waals surface area contributed by atoms with Crippen molar-refractivity contribution < 1.29 is 9.84 Å². The Bertz CT molecular complexity index is 1120. The zero-order valence-electron chi connectivity index (χ0n) is 13.4. The number of methoxy groups -OCH3 is 1. The molecule has 25 heavy (non-hydrogen) atoms. The van der Waals surface area contributed by atoms with Crippen LogP contribution in [0.15, 0.2) is 53.0 Å². The van der Waals surface area contributed by atoms with Crippen molar-refractivity contribution in [1.29, 1.82) is 0 Å². The van der Waals surface area contributed by atoms with E-state index in [1.165, 1.54) is 22.6 Å². The largest absolute Gasteiger partial charge is 0.503 e. The van der Waals surface area contributed by atoms with Crippen LogP contribution < -0.4 is 4.74 Å². The first-order valence-electron chi connectivity index (χ1n) is 7.68. The van der Waals surface area contributed by atoms with E-state index in [4.69, 9.17) is 9.72 Å². The minimum atomic E-state index is 0.103. The van der Waals surface area contributed by atoms with Crippen molar-refractivity contribution >= 4 is 60.4 Å². The molecule has 0 radical (unpaired) electrons. The molecular weight excluding hydrogens is 398 g/mol. The van der Waals surface area contributed by atoms with Crippen molar-refractivity contribution in [1.82, 2.24) is 4.98 Å². The molecule has 4 rings (SSSR count). The summed E-state index contributed by atoms with van der Waals surface area (Å²) >= 11 is 5.00. The van der Waals surface area contributed by atoms with Gasteiger partial charge in [-0.15, -0.1) is 11.3 Å².